The minimum absolute atomic E-state index is 0.0449. The van der Waals surface area contributed by atoms with Crippen LogP contribution in [0.2, 0.25) is 0 Å². The van der Waals surface area contributed by atoms with Crippen molar-refractivity contribution in [1.29, 1.82) is 0 Å². The number of hydrogen-bond acceptors (Lipinski definition) is 6. The summed E-state index contributed by atoms with van der Waals surface area (Å²) in [6, 6.07) is 4.02. The maximum atomic E-state index is 14.3. The first kappa shape index (κ1) is 15.2. The average Bonchev–Trinajstić information content (AvgIpc) is 2.85. The van der Waals surface area contributed by atoms with Crippen LogP contribution in [-0.4, -0.2) is 37.5 Å². The molecule has 1 aromatic rings. The van der Waals surface area contributed by atoms with Crippen LogP contribution in [0, 0.1) is 5.82 Å². The van der Waals surface area contributed by atoms with Gasteiger partial charge >= 0.3 is 0 Å². The summed E-state index contributed by atoms with van der Waals surface area (Å²) >= 11 is 0. The molecule has 4 N–H and O–H groups in total. The van der Waals surface area contributed by atoms with Crippen LogP contribution in [-0.2, 0) is 20.1 Å². The SMILES string of the molecule is CC1(C)C(N)=N[C@@]2(c3cc(N)ccc3F)COC[C@H]2S1(=O)=O. The first-order valence-corrected chi connectivity index (χ1v) is 8.40. The van der Waals surface area contributed by atoms with E-state index in [1.807, 2.05) is 0 Å². The molecule has 0 radical (unpaired) electrons. The monoisotopic (exact) mass is 327 g/mol. The Hall–Kier alpha value is -1.67. The number of ether oxygens (including phenoxy) is 1. The van der Waals surface area contributed by atoms with Gasteiger partial charge in [0.05, 0.1) is 13.2 Å². The zero-order valence-corrected chi connectivity index (χ0v) is 13.2. The molecule has 2 aliphatic heterocycles. The number of rotatable bonds is 1. The van der Waals surface area contributed by atoms with Crippen LogP contribution in [0.1, 0.15) is 19.4 Å². The van der Waals surface area contributed by atoms with Crippen molar-refractivity contribution in [1.82, 2.24) is 0 Å². The quantitative estimate of drug-likeness (QED) is 0.733. The number of nitrogens with zero attached hydrogens (tertiary/aromatic N) is 1. The Labute approximate surface area is 128 Å². The van der Waals surface area contributed by atoms with Crippen molar-refractivity contribution >= 4 is 21.4 Å². The van der Waals surface area contributed by atoms with Crippen molar-refractivity contribution in [2.75, 3.05) is 18.9 Å². The van der Waals surface area contributed by atoms with E-state index in [9.17, 15) is 12.8 Å². The number of hydrogen-bond donors (Lipinski definition) is 2. The lowest BCUT2D eigenvalue weighted by molar-refractivity contribution is 0.178. The fraction of sp³-hybridized carbons (Fsp3) is 0.500. The Bertz CT molecular complexity index is 776. The highest BCUT2D eigenvalue weighted by molar-refractivity contribution is 7.94. The van der Waals surface area contributed by atoms with Gasteiger partial charge in [-0.05, 0) is 32.0 Å². The van der Waals surface area contributed by atoms with Crippen LogP contribution >= 0.6 is 0 Å². The van der Waals surface area contributed by atoms with E-state index in [4.69, 9.17) is 16.2 Å². The van der Waals surface area contributed by atoms with Gasteiger partial charge in [-0.1, -0.05) is 0 Å². The molecule has 0 bridgehead atoms. The van der Waals surface area contributed by atoms with Crippen molar-refractivity contribution in [2.24, 2.45) is 10.7 Å². The van der Waals surface area contributed by atoms with Crippen LogP contribution in [0.3, 0.4) is 0 Å². The van der Waals surface area contributed by atoms with Crippen LogP contribution < -0.4 is 11.5 Å². The van der Waals surface area contributed by atoms with Crippen LogP contribution in [0.4, 0.5) is 10.1 Å². The van der Waals surface area contributed by atoms with Gasteiger partial charge in [0, 0.05) is 11.3 Å². The van der Waals surface area contributed by atoms with E-state index in [0.29, 0.717) is 5.69 Å². The molecule has 2 atom stereocenters. The third-order valence-electron chi connectivity index (χ3n) is 4.60. The minimum atomic E-state index is -3.71. The Morgan fingerprint density at radius 2 is 2.05 bits per heavy atom. The number of benzene rings is 1. The van der Waals surface area contributed by atoms with Gasteiger partial charge < -0.3 is 16.2 Å². The molecule has 8 heteroatoms. The Balaban J connectivity index is 2.33. The summed E-state index contributed by atoms with van der Waals surface area (Å²) in [5, 5.41) is -0.987. The lowest BCUT2D eigenvalue weighted by atomic mass is 9.87. The van der Waals surface area contributed by atoms with Crippen LogP contribution in [0.5, 0.6) is 0 Å². The molecule has 120 valence electrons. The second-order valence-corrected chi connectivity index (χ2v) is 8.90. The third kappa shape index (κ3) is 1.73. The smallest absolute Gasteiger partial charge is 0.170 e. The highest BCUT2D eigenvalue weighted by Crippen LogP contribution is 2.46. The number of anilines is 1. The maximum Gasteiger partial charge on any atom is 0.170 e. The zero-order chi connectivity index (χ0) is 16.3. The van der Waals surface area contributed by atoms with Crippen LogP contribution in [0.25, 0.3) is 0 Å². The van der Waals surface area contributed by atoms with E-state index >= 15 is 0 Å². The standard InChI is InChI=1S/C14H18FN3O3S/c1-13(2)12(17)18-14(7-21-6-11(14)22(13,19)20)9-5-8(16)3-4-10(9)15/h3-5,11H,6-7,16H2,1-2H3,(H2,17,18)/t11-,14-/m1/s1. The molecule has 2 aliphatic rings. The summed E-state index contributed by atoms with van der Waals surface area (Å²) in [5.41, 5.74) is 10.7. The van der Waals surface area contributed by atoms with Gasteiger partial charge in [0.15, 0.2) is 9.84 Å². The van der Waals surface area contributed by atoms with Gasteiger partial charge in [-0.15, -0.1) is 0 Å². The minimum Gasteiger partial charge on any atom is -0.399 e. The zero-order valence-electron chi connectivity index (χ0n) is 12.3. The summed E-state index contributed by atoms with van der Waals surface area (Å²) in [6.07, 6.45) is 0. The second-order valence-electron chi connectivity index (χ2n) is 6.22. The molecule has 0 amide bonds. The van der Waals surface area contributed by atoms with Crippen molar-refractivity contribution < 1.29 is 17.5 Å². The van der Waals surface area contributed by atoms with Gasteiger partial charge in [0.1, 0.15) is 27.2 Å². The molecule has 3 rings (SSSR count). The van der Waals surface area contributed by atoms with Crippen molar-refractivity contribution in [3.05, 3.63) is 29.6 Å². The first-order chi connectivity index (χ1) is 10.1. The van der Waals surface area contributed by atoms with Crippen molar-refractivity contribution in [3.8, 4) is 0 Å². The van der Waals surface area contributed by atoms with Crippen molar-refractivity contribution in [3.63, 3.8) is 0 Å². The van der Waals surface area contributed by atoms with E-state index < -0.39 is 31.2 Å². The molecule has 1 fully saturated rings. The Morgan fingerprint density at radius 1 is 1.36 bits per heavy atom. The molecule has 1 aromatic carbocycles. The number of aliphatic imine (C=N–C) groups is 1. The number of fused-ring (bicyclic) bond motifs is 1. The lowest BCUT2D eigenvalue weighted by Crippen LogP contribution is -2.60. The number of sulfone groups is 1. The Morgan fingerprint density at radius 3 is 2.73 bits per heavy atom. The molecule has 0 aromatic heterocycles. The maximum absolute atomic E-state index is 14.3. The summed E-state index contributed by atoms with van der Waals surface area (Å²) in [6.45, 7) is 2.91. The summed E-state index contributed by atoms with van der Waals surface area (Å²) in [5.74, 6) is -0.618. The fourth-order valence-electron chi connectivity index (χ4n) is 3.04. The van der Waals surface area contributed by atoms with Gasteiger partial charge in [0.25, 0.3) is 0 Å². The summed E-state index contributed by atoms with van der Waals surface area (Å²) in [4.78, 5) is 4.39. The van der Waals surface area contributed by atoms with Gasteiger partial charge in [0.2, 0.25) is 0 Å². The first-order valence-electron chi connectivity index (χ1n) is 6.85. The van der Waals surface area contributed by atoms with E-state index in [0.717, 1.165) is 0 Å². The Kier molecular flexibility index (Phi) is 3.06. The molecule has 2 heterocycles. The summed E-state index contributed by atoms with van der Waals surface area (Å²) in [7, 11) is -3.71. The number of halogens is 1. The predicted molar refractivity (Wildman–Crippen MR) is 81.7 cm³/mol. The van der Waals surface area contributed by atoms with Crippen molar-refractivity contribution in [2.45, 2.75) is 29.4 Å². The predicted octanol–water partition coefficient (Wildman–Crippen LogP) is 0.566. The van der Waals surface area contributed by atoms with E-state index in [-0.39, 0.29) is 24.6 Å². The van der Waals surface area contributed by atoms with Gasteiger partial charge in [-0.25, -0.2) is 12.8 Å². The van der Waals surface area contributed by atoms with Crippen LogP contribution in [0.15, 0.2) is 23.2 Å². The molecule has 0 saturated carbocycles. The highest BCUT2D eigenvalue weighted by atomic mass is 32.2. The fourth-order valence-corrected chi connectivity index (χ4v) is 5.12. The number of nitrogen functional groups attached to an aromatic ring is 1. The molecule has 0 spiro atoms. The molecular weight excluding hydrogens is 309 g/mol. The normalized spacial score (nSPS) is 32.3. The molecule has 6 nitrogen and oxygen atoms in total. The number of nitrogens with two attached hydrogens (primary N) is 2. The topological polar surface area (TPSA) is 108 Å². The van der Waals surface area contributed by atoms with E-state index in [1.165, 1.54) is 32.0 Å². The highest BCUT2D eigenvalue weighted by Gasteiger charge is 2.61. The summed E-state index contributed by atoms with van der Waals surface area (Å²) < 4.78 is 44.2. The second kappa shape index (κ2) is 4.42. The molecule has 0 unspecified atom stereocenters. The van der Waals surface area contributed by atoms with E-state index in [2.05, 4.69) is 4.99 Å². The largest absolute Gasteiger partial charge is 0.399 e. The number of amidine groups is 1. The third-order valence-corrected chi connectivity index (χ3v) is 7.51. The van der Waals surface area contributed by atoms with Gasteiger partial charge in [-0.2, -0.15) is 0 Å². The molecule has 1 saturated heterocycles. The lowest BCUT2D eigenvalue weighted by Gasteiger charge is -2.41. The van der Waals surface area contributed by atoms with Gasteiger partial charge in [-0.3, -0.25) is 4.99 Å². The van der Waals surface area contributed by atoms with E-state index in [1.54, 1.807) is 0 Å². The molecule has 22 heavy (non-hydrogen) atoms. The average molecular weight is 327 g/mol. The molecular formula is C14H18FN3O3S. The molecule has 0 aliphatic carbocycles.